The minimum Gasteiger partial charge on any atom is -0.320 e. The first-order valence-electron chi connectivity index (χ1n) is 5.34. The van der Waals surface area contributed by atoms with E-state index >= 15 is 0 Å². The van der Waals surface area contributed by atoms with Crippen LogP contribution in [0.25, 0.3) is 0 Å². The first kappa shape index (κ1) is 13.5. The molecule has 98 valence electrons. The van der Waals surface area contributed by atoms with Crippen LogP contribution in [0.4, 0.5) is 5.13 Å². The van der Waals surface area contributed by atoms with Gasteiger partial charge in [0.15, 0.2) is 5.13 Å². The van der Waals surface area contributed by atoms with E-state index in [1.165, 1.54) is 18.3 Å². The molecule has 0 spiro atoms. The Hall–Kier alpha value is -1.88. The van der Waals surface area contributed by atoms with Crippen LogP contribution in [0.3, 0.4) is 0 Å². The fourth-order valence-corrected chi connectivity index (χ4v) is 3.24. The standard InChI is InChI=1S/C12H11N3O2S2/c13-8-4-5-10-9-14-12(18-10)15-19(16,17)11-6-2-1-3-7-11/h1-3,6-7,9H,8,13H2,(H,14,15). The van der Waals surface area contributed by atoms with Crippen LogP contribution in [-0.2, 0) is 10.0 Å². The smallest absolute Gasteiger partial charge is 0.263 e. The van der Waals surface area contributed by atoms with Gasteiger partial charge in [0, 0.05) is 0 Å². The van der Waals surface area contributed by atoms with Crippen LogP contribution in [0.2, 0.25) is 0 Å². The second kappa shape index (κ2) is 5.84. The molecule has 3 N–H and O–H groups in total. The van der Waals surface area contributed by atoms with E-state index in [0.717, 1.165) is 11.3 Å². The van der Waals surface area contributed by atoms with Gasteiger partial charge in [-0.2, -0.15) is 0 Å². The molecular weight excluding hydrogens is 282 g/mol. The number of anilines is 1. The van der Waals surface area contributed by atoms with Crippen LogP contribution in [0, 0.1) is 11.8 Å². The molecule has 0 saturated heterocycles. The Morgan fingerprint density at radius 3 is 2.74 bits per heavy atom. The molecule has 5 nitrogen and oxygen atoms in total. The Bertz CT molecular complexity index is 712. The van der Waals surface area contributed by atoms with Crippen LogP contribution >= 0.6 is 11.3 Å². The van der Waals surface area contributed by atoms with Crippen LogP contribution in [0.1, 0.15) is 4.88 Å². The molecule has 2 rings (SSSR count). The van der Waals surface area contributed by atoms with Crippen molar-refractivity contribution in [2.24, 2.45) is 5.73 Å². The van der Waals surface area contributed by atoms with Gasteiger partial charge in [0.25, 0.3) is 10.0 Å². The topological polar surface area (TPSA) is 85.1 Å². The molecule has 0 atom stereocenters. The number of sulfonamides is 1. The predicted molar refractivity (Wildman–Crippen MR) is 75.3 cm³/mol. The van der Waals surface area contributed by atoms with Gasteiger partial charge in [0.05, 0.1) is 22.5 Å². The molecule has 1 aromatic heterocycles. The lowest BCUT2D eigenvalue weighted by Gasteiger charge is -2.03. The highest BCUT2D eigenvalue weighted by Crippen LogP contribution is 2.20. The Kier molecular flexibility index (Phi) is 4.16. The molecule has 0 bridgehead atoms. The summed E-state index contributed by atoms with van der Waals surface area (Å²) in [6, 6.07) is 8.11. The summed E-state index contributed by atoms with van der Waals surface area (Å²) in [5, 5.41) is 0.283. The van der Waals surface area contributed by atoms with Crippen molar-refractivity contribution in [3.8, 4) is 11.8 Å². The van der Waals surface area contributed by atoms with Crippen molar-refractivity contribution in [3.63, 3.8) is 0 Å². The van der Waals surface area contributed by atoms with Gasteiger partial charge in [-0.15, -0.1) is 0 Å². The minimum atomic E-state index is -3.60. The van der Waals surface area contributed by atoms with Crippen molar-refractivity contribution in [1.82, 2.24) is 4.98 Å². The largest absolute Gasteiger partial charge is 0.320 e. The Morgan fingerprint density at radius 2 is 2.05 bits per heavy atom. The lowest BCUT2D eigenvalue weighted by atomic mass is 10.4. The van der Waals surface area contributed by atoms with Crippen molar-refractivity contribution in [1.29, 1.82) is 0 Å². The van der Waals surface area contributed by atoms with Crippen LogP contribution in [0.15, 0.2) is 41.4 Å². The molecule has 19 heavy (non-hydrogen) atoms. The highest BCUT2D eigenvalue weighted by Gasteiger charge is 2.15. The Morgan fingerprint density at radius 1 is 1.32 bits per heavy atom. The quantitative estimate of drug-likeness (QED) is 0.834. The van der Waals surface area contributed by atoms with E-state index < -0.39 is 10.0 Å². The summed E-state index contributed by atoms with van der Waals surface area (Å²) in [7, 11) is -3.60. The normalized spacial score (nSPS) is 10.6. The van der Waals surface area contributed by atoms with Gasteiger partial charge in [0.1, 0.15) is 0 Å². The maximum Gasteiger partial charge on any atom is 0.263 e. The first-order chi connectivity index (χ1) is 9.12. The maximum absolute atomic E-state index is 12.0. The highest BCUT2D eigenvalue weighted by molar-refractivity contribution is 7.93. The molecule has 0 aliphatic rings. The Balaban J connectivity index is 2.19. The Labute approximate surface area is 115 Å². The lowest BCUT2D eigenvalue weighted by molar-refractivity contribution is 0.601. The number of nitrogens with two attached hydrogens (primary N) is 1. The molecule has 2 aromatic rings. The van der Waals surface area contributed by atoms with Crippen molar-refractivity contribution in [3.05, 3.63) is 41.4 Å². The number of rotatable bonds is 3. The van der Waals surface area contributed by atoms with Crippen LogP contribution in [-0.4, -0.2) is 19.9 Å². The van der Waals surface area contributed by atoms with Gasteiger partial charge in [-0.05, 0) is 12.1 Å². The monoisotopic (exact) mass is 293 g/mol. The molecular formula is C12H11N3O2S2. The molecule has 1 aromatic carbocycles. The third-order valence-corrected chi connectivity index (χ3v) is 4.41. The number of thiazole rings is 1. The second-order valence-electron chi connectivity index (χ2n) is 3.45. The van der Waals surface area contributed by atoms with Gasteiger partial charge in [0.2, 0.25) is 0 Å². The van der Waals surface area contributed by atoms with Gasteiger partial charge in [-0.25, -0.2) is 13.4 Å². The third kappa shape index (κ3) is 3.54. The predicted octanol–water partition coefficient (Wildman–Crippen LogP) is 1.25. The summed E-state index contributed by atoms with van der Waals surface area (Å²) in [5.41, 5.74) is 5.26. The number of benzene rings is 1. The molecule has 0 unspecified atom stereocenters. The van der Waals surface area contributed by atoms with Crippen molar-refractivity contribution in [2.75, 3.05) is 11.3 Å². The molecule has 0 aliphatic carbocycles. The molecule has 0 saturated carbocycles. The average Bonchev–Trinajstić information content (AvgIpc) is 2.84. The van der Waals surface area contributed by atoms with E-state index in [0.29, 0.717) is 4.88 Å². The van der Waals surface area contributed by atoms with E-state index in [4.69, 9.17) is 5.73 Å². The third-order valence-electron chi connectivity index (χ3n) is 2.09. The molecule has 1 heterocycles. The van der Waals surface area contributed by atoms with E-state index in [1.54, 1.807) is 18.2 Å². The second-order valence-corrected chi connectivity index (χ2v) is 6.17. The zero-order valence-corrected chi connectivity index (χ0v) is 11.5. The molecule has 0 amide bonds. The number of hydrogen-bond donors (Lipinski definition) is 2. The lowest BCUT2D eigenvalue weighted by Crippen LogP contribution is -2.12. The summed E-state index contributed by atoms with van der Waals surface area (Å²) in [6.45, 7) is 0.253. The van der Waals surface area contributed by atoms with Crippen LogP contribution in [0.5, 0.6) is 0 Å². The fourth-order valence-electron chi connectivity index (χ4n) is 1.29. The SMILES string of the molecule is NCC#Cc1cnc(NS(=O)(=O)c2ccccc2)s1. The van der Waals surface area contributed by atoms with Crippen molar-refractivity contribution >= 4 is 26.5 Å². The zero-order chi connectivity index (χ0) is 13.7. The molecule has 0 fully saturated rings. The zero-order valence-electron chi connectivity index (χ0n) is 9.83. The number of aromatic nitrogens is 1. The van der Waals surface area contributed by atoms with Gasteiger partial charge < -0.3 is 5.73 Å². The molecule has 0 aliphatic heterocycles. The van der Waals surface area contributed by atoms with Gasteiger partial charge >= 0.3 is 0 Å². The van der Waals surface area contributed by atoms with Crippen molar-refractivity contribution in [2.45, 2.75) is 4.90 Å². The van der Waals surface area contributed by atoms with Crippen molar-refractivity contribution < 1.29 is 8.42 Å². The number of nitrogens with one attached hydrogen (secondary N) is 1. The van der Waals surface area contributed by atoms with E-state index in [9.17, 15) is 8.42 Å². The van der Waals surface area contributed by atoms with E-state index in [2.05, 4.69) is 21.5 Å². The number of nitrogens with zero attached hydrogens (tertiary/aromatic N) is 1. The van der Waals surface area contributed by atoms with Gasteiger partial charge in [-0.3, -0.25) is 4.72 Å². The highest BCUT2D eigenvalue weighted by atomic mass is 32.2. The average molecular weight is 293 g/mol. The maximum atomic E-state index is 12.0. The summed E-state index contributed by atoms with van der Waals surface area (Å²) in [5.74, 6) is 5.48. The van der Waals surface area contributed by atoms with E-state index in [1.807, 2.05) is 0 Å². The minimum absolute atomic E-state index is 0.194. The number of hydrogen-bond acceptors (Lipinski definition) is 5. The molecule has 7 heteroatoms. The summed E-state index contributed by atoms with van der Waals surface area (Å²) in [6.07, 6.45) is 1.51. The summed E-state index contributed by atoms with van der Waals surface area (Å²) in [4.78, 5) is 4.82. The summed E-state index contributed by atoms with van der Waals surface area (Å²) >= 11 is 1.16. The first-order valence-corrected chi connectivity index (χ1v) is 7.64. The fraction of sp³-hybridized carbons (Fsp3) is 0.0833. The van der Waals surface area contributed by atoms with E-state index in [-0.39, 0.29) is 16.6 Å². The van der Waals surface area contributed by atoms with Crippen LogP contribution < -0.4 is 10.5 Å². The summed E-state index contributed by atoms with van der Waals surface area (Å²) < 4.78 is 26.5. The molecule has 0 radical (unpaired) electrons. The van der Waals surface area contributed by atoms with Gasteiger partial charge in [-0.1, -0.05) is 41.4 Å².